The minimum atomic E-state index is 0.544. The number of hydrogen-bond donors (Lipinski definition) is 2. The van der Waals surface area contributed by atoms with Gasteiger partial charge in [-0.15, -0.1) is 0 Å². The summed E-state index contributed by atoms with van der Waals surface area (Å²) in [4.78, 5) is 11.6. The van der Waals surface area contributed by atoms with Crippen molar-refractivity contribution in [2.45, 2.75) is 26.3 Å². The number of nitrogens with zero attached hydrogens (tertiary/aromatic N) is 3. The van der Waals surface area contributed by atoms with E-state index in [9.17, 15) is 0 Å². The molecule has 1 aromatic heterocycles. The Labute approximate surface area is 173 Å². The monoisotopic (exact) mass is 397 g/mol. The minimum absolute atomic E-state index is 0.544. The van der Waals surface area contributed by atoms with Gasteiger partial charge in [0.05, 0.1) is 20.2 Å². The van der Waals surface area contributed by atoms with Crippen LogP contribution in [0.4, 0.5) is 5.82 Å². The molecule has 7 nitrogen and oxygen atoms in total. The van der Waals surface area contributed by atoms with Crippen LogP contribution in [0.25, 0.3) is 0 Å². The van der Waals surface area contributed by atoms with E-state index in [1.54, 1.807) is 7.11 Å². The van der Waals surface area contributed by atoms with Gasteiger partial charge in [-0.05, 0) is 55.7 Å². The molecule has 2 aromatic rings. The van der Waals surface area contributed by atoms with Crippen molar-refractivity contribution in [2.75, 3.05) is 44.8 Å². The number of hydrogen-bond acceptors (Lipinski definition) is 5. The van der Waals surface area contributed by atoms with Crippen LogP contribution in [0.3, 0.4) is 0 Å². The van der Waals surface area contributed by atoms with Gasteiger partial charge in [0.15, 0.2) is 5.96 Å². The van der Waals surface area contributed by atoms with Gasteiger partial charge < -0.3 is 25.0 Å². The molecule has 1 aliphatic heterocycles. The fourth-order valence-electron chi connectivity index (χ4n) is 3.17. The first kappa shape index (κ1) is 20.8. The van der Waals surface area contributed by atoms with Crippen LogP contribution in [0.5, 0.6) is 11.5 Å². The summed E-state index contributed by atoms with van der Waals surface area (Å²) in [5.41, 5.74) is 1.10. The van der Waals surface area contributed by atoms with Gasteiger partial charge >= 0.3 is 0 Å². The Hall–Kier alpha value is -2.96. The van der Waals surface area contributed by atoms with Crippen LogP contribution in [0, 0.1) is 0 Å². The van der Waals surface area contributed by atoms with E-state index in [0.29, 0.717) is 19.7 Å². The average Bonchev–Trinajstić information content (AvgIpc) is 3.30. The topological polar surface area (TPSA) is 71.0 Å². The maximum Gasteiger partial charge on any atom is 0.191 e. The Kier molecular flexibility index (Phi) is 7.98. The number of aliphatic imine (C=N–C) groups is 1. The second-order valence-corrected chi connectivity index (χ2v) is 6.86. The number of pyridine rings is 1. The molecule has 0 atom stereocenters. The molecule has 0 unspecified atom stereocenters. The number of rotatable bonds is 9. The Balaban J connectivity index is 1.44. The van der Waals surface area contributed by atoms with Crippen LogP contribution in [0.2, 0.25) is 0 Å². The van der Waals surface area contributed by atoms with E-state index in [0.717, 1.165) is 48.5 Å². The fraction of sp³-hybridized carbons (Fsp3) is 0.455. The molecule has 7 heteroatoms. The number of aromatic nitrogens is 1. The molecule has 1 fully saturated rings. The normalized spacial score (nSPS) is 14.0. The van der Waals surface area contributed by atoms with Gasteiger partial charge in [-0.2, -0.15) is 0 Å². The summed E-state index contributed by atoms with van der Waals surface area (Å²) < 4.78 is 10.9. The lowest BCUT2D eigenvalue weighted by Gasteiger charge is -2.16. The molecule has 1 aliphatic rings. The molecule has 2 heterocycles. The van der Waals surface area contributed by atoms with Crippen LogP contribution in [0.15, 0.2) is 47.6 Å². The van der Waals surface area contributed by atoms with Crippen molar-refractivity contribution >= 4 is 11.8 Å². The van der Waals surface area contributed by atoms with Crippen LogP contribution in [-0.2, 0) is 6.54 Å². The molecule has 0 aliphatic carbocycles. The van der Waals surface area contributed by atoms with Crippen molar-refractivity contribution in [3.05, 3.63) is 48.2 Å². The lowest BCUT2D eigenvalue weighted by molar-refractivity contribution is 0.321. The number of guanidine groups is 1. The standard InChI is InChI=1S/C22H31N5O2/c1-3-23-22(24-12-15-29-20-9-7-19(28-2)8-10-20)26-17-18-6-11-21(25-16-18)27-13-4-5-14-27/h6-11,16H,3-5,12-15,17H2,1-2H3,(H2,23,24,26). The molecule has 0 bridgehead atoms. The maximum absolute atomic E-state index is 5.74. The average molecular weight is 398 g/mol. The fourth-order valence-corrected chi connectivity index (χ4v) is 3.17. The highest BCUT2D eigenvalue weighted by atomic mass is 16.5. The lowest BCUT2D eigenvalue weighted by Crippen LogP contribution is -2.39. The van der Waals surface area contributed by atoms with Gasteiger partial charge in [-0.1, -0.05) is 6.07 Å². The summed E-state index contributed by atoms with van der Waals surface area (Å²) in [7, 11) is 1.65. The van der Waals surface area contributed by atoms with E-state index in [4.69, 9.17) is 9.47 Å². The van der Waals surface area contributed by atoms with Gasteiger partial charge in [0.1, 0.15) is 23.9 Å². The Morgan fingerprint density at radius 2 is 1.83 bits per heavy atom. The zero-order chi connectivity index (χ0) is 20.3. The van der Waals surface area contributed by atoms with Crippen LogP contribution >= 0.6 is 0 Å². The van der Waals surface area contributed by atoms with Crippen molar-refractivity contribution in [3.63, 3.8) is 0 Å². The van der Waals surface area contributed by atoms with E-state index < -0.39 is 0 Å². The molecule has 0 spiro atoms. The highest BCUT2D eigenvalue weighted by Gasteiger charge is 2.12. The molecule has 0 amide bonds. The van der Waals surface area contributed by atoms with Crippen molar-refractivity contribution in [2.24, 2.45) is 4.99 Å². The molecular weight excluding hydrogens is 366 g/mol. The predicted molar refractivity (Wildman–Crippen MR) is 117 cm³/mol. The largest absolute Gasteiger partial charge is 0.497 e. The van der Waals surface area contributed by atoms with Gasteiger partial charge in [0, 0.05) is 25.8 Å². The molecule has 0 radical (unpaired) electrons. The number of nitrogens with one attached hydrogen (secondary N) is 2. The van der Waals surface area contributed by atoms with Crippen molar-refractivity contribution in [1.29, 1.82) is 0 Å². The second-order valence-electron chi connectivity index (χ2n) is 6.86. The summed E-state index contributed by atoms with van der Waals surface area (Å²) in [5.74, 6) is 3.48. The summed E-state index contributed by atoms with van der Waals surface area (Å²) in [5, 5.41) is 6.56. The van der Waals surface area contributed by atoms with E-state index in [1.807, 2.05) is 30.5 Å². The number of ether oxygens (including phenoxy) is 2. The molecular formula is C22H31N5O2. The number of anilines is 1. The van der Waals surface area contributed by atoms with E-state index in [2.05, 4.69) is 44.6 Å². The predicted octanol–water partition coefficient (Wildman–Crippen LogP) is 2.82. The first-order chi connectivity index (χ1) is 14.3. The Morgan fingerprint density at radius 1 is 1.07 bits per heavy atom. The van der Waals surface area contributed by atoms with Crippen LogP contribution < -0.4 is 25.0 Å². The van der Waals surface area contributed by atoms with Crippen molar-refractivity contribution in [1.82, 2.24) is 15.6 Å². The van der Waals surface area contributed by atoms with Gasteiger partial charge in [-0.3, -0.25) is 0 Å². The van der Waals surface area contributed by atoms with Crippen LogP contribution in [0.1, 0.15) is 25.3 Å². The van der Waals surface area contributed by atoms with Gasteiger partial charge in [-0.25, -0.2) is 9.98 Å². The Morgan fingerprint density at radius 3 is 2.48 bits per heavy atom. The summed E-state index contributed by atoms with van der Waals surface area (Å²) >= 11 is 0. The second kappa shape index (κ2) is 11.1. The number of benzene rings is 1. The molecule has 1 saturated heterocycles. The number of methoxy groups -OCH3 is 1. The molecule has 0 saturated carbocycles. The smallest absolute Gasteiger partial charge is 0.191 e. The first-order valence-electron chi connectivity index (χ1n) is 10.3. The summed E-state index contributed by atoms with van der Waals surface area (Å²) in [6.07, 6.45) is 4.44. The zero-order valence-electron chi connectivity index (χ0n) is 17.4. The van der Waals surface area contributed by atoms with E-state index in [1.165, 1.54) is 12.8 Å². The van der Waals surface area contributed by atoms with Crippen LogP contribution in [-0.4, -0.2) is 50.8 Å². The lowest BCUT2D eigenvalue weighted by atomic mass is 10.3. The van der Waals surface area contributed by atoms with E-state index in [-0.39, 0.29) is 0 Å². The molecule has 1 aromatic carbocycles. The molecule has 3 rings (SSSR count). The van der Waals surface area contributed by atoms with Crippen molar-refractivity contribution in [3.8, 4) is 11.5 Å². The quantitative estimate of drug-likeness (QED) is 0.385. The molecule has 156 valence electrons. The SMILES string of the molecule is CCNC(=NCc1ccc(N2CCCC2)nc1)NCCOc1ccc(OC)cc1. The minimum Gasteiger partial charge on any atom is -0.497 e. The maximum atomic E-state index is 5.74. The Bertz CT molecular complexity index is 756. The van der Waals surface area contributed by atoms with Gasteiger partial charge in [0.25, 0.3) is 0 Å². The van der Waals surface area contributed by atoms with E-state index >= 15 is 0 Å². The zero-order valence-corrected chi connectivity index (χ0v) is 17.4. The summed E-state index contributed by atoms with van der Waals surface area (Å²) in [6.45, 7) is 6.86. The summed E-state index contributed by atoms with van der Waals surface area (Å²) in [6, 6.07) is 11.8. The molecule has 29 heavy (non-hydrogen) atoms. The molecule has 2 N–H and O–H groups in total. The highest BCUT2D eigenvalue weighted by molar-refractivity contribution is 5.79. The third-order valence-corrected chi connectivity index (χ3v) is 4.73. The van der Waals surface area contributed by atoms with Crippen molar-refractivity contribution < 1.29 is 9.47 Å². The van der Waals surface area contributed by atoms with Gasteiger partial charge in [0.2, 0.25) is 0 Å². The third-order valence-electron chi connectivity index (χ3n) is 4.73. The third kappa shape index (κ3) is 6.55. The highest BCUT2D eigenvalue weighted by Crippen LogP contribution is 2.18. The first-order valence-corrected chi connectivity index (χ1v) is 10.3.